The molecule has 1 aliphatic carbocycles. The first-order valence-electron chi connectivity index (χ1n) is 6.26. The average Bonchev–Trinajstić information content (AvgIpc) is 3.01. The van der Waals surface area contributed by atoms with E-state index in [1.807, 2.05) is 0 Å². The lowest BCUT2D eigenvalue weighted by atomic mass is 9.62. The van der Waals surface area contributed by atoms with Gasteiger partial charge in [-0.3, -0.25) is 4.79 Å². The second-order valence-corrected chi connectivity index (χ2v) is 6.33. The zero-order valence-corrected chi connectivity index (χ0v) is 10.3. The van der Waals surface area contributed by atoms with E-state index in [0.717, 1.165) is 19.4 Å². The van der Waals surface area contributed by atoms with Gasteiger partial charge in [0, 0.05) is 11.8 Å². The number of rotatable bonds is 3. The molecule has 3 nitrogen and oxygen atoms in total. The molecule has 2 heterocycles. The van der Waals surface area contributed by atoms with Crippen LogP contribution in [0, 0.1) is 5.41 Å². The Morgan fingerprint density at radius 2 is 2.00 bits per heavy atom. The Morgan fingerprint density at radius 3 is 2.56 bits per heavy atom. The van der Waals surface area contributed by atoms with Gasteiger partial charge in [0.05, 0.1) is 12.7 Å². The largest absolute Gasteiger partial charge is 0.373 e. The van der Waals surface area contributed by atoms with E-state index in [-0.39, 0.29) is 22.9 Å². The monoisotopic (exact) mass is 224 g/mol. The first-order valence-corrected chi connectivity index (χ1v) is 6.26. The number of hydrogen-bond acceptors (Lipinski definition) is 3. The van der Waals surface area contributed by atoms with Gasteiger partial charge >= 0.3 is 0 Å². The number of Topliss-reactive ketones (excluding diaryl/α,β-unsaturated/α-hetero) is 1. The van der Waals surface area contributed by atoms with Gasteiger partial charge in [-0.1, -0.05) is 13.8 Å². The van der Waals surface area contributed by atoms with Crippen LogP contribution < -0.4 is 0 Å². The predicted octanol–water partition coefficient (Wildman–Crippen LogP) is 2.08. The van der Waals surface area contributed by atoms with Gasteiger partial charge in [-0.15, -0.1) is 0 Å². The summed E-state index contributed by atoms with van der Waals surface area (Å²) in [6, 6.07) is 0. The molecule has 3 fully saturated rings. The zero-order valence-electron chi connectivity index (χ0n) is 10.3. The average molecular weight is 224 g/mol. The van der Waals surface area contributed by atoms with E-state index < -0.39 is 5.60 Å². The minimum atomic E-state index is -0.510. The van der Waals surface area contributed by atoms with Crippen LogP contribution in [0.2, 0.25) is 0 Å². The maximum atomic E-state index is 12.4. The van der Waals surface area contributed by atoms with E-state index in [1.54, 1.807) is 0 Å². The fourth-order valence-corrected chi connectivity index (χ4v) is 3.70. The fourth-order valence-electron chi connectivity index (χ4n) is 3.70. The predicted molar refractivity (Wildman–Crippen MR) is 59.2 cm³/mol. The van der Waals surface area contributed by atoms with Crippen molar-refractivity contribution in [3.8, 4) is 0 Å². The lowest BCUT2D eigenvalue weighted by Gasteiger charge is -2.37. The molecule has 0 spiro atoms. The van der Waals surface area contributed by atoms with Gasteiger partial charge in [0.25, 0.3) is 0 Å². The van der Waals surface area contributed by atoms with Crippen molar-refractivity contribution in [3.05, 3.63) is 0 Å². The quantitative estimate of drug-likeness (QED) is 0.689. The van der Waals surface area contributed by atoms with Crippen molar-refractivity contribution in [2.45, 2.75) is 63.8 Å². The van der Waals surface area contributed by atoms with E-state index >= 15 is 0 Å². The van der Waals surface area contributed by atoms with Crippen molar-refractivity contribution in [1.82, 2.24) is 0 Å². The third kappa shape index (κ3) is 1.19. The van der Waals surface area contributed by atoms with E-state index in [2.05, 4.69) is 20.8 Å². The maximum absolute atomic E-state index is 12.4. The molecule has 0 aromatic heterocycles. The zero-order chi connectivity index (χ0) is 11.6. The molecular formula is C13H20O3. The highest BCUT2D eigenvalue weighted by Crippen LogP contribution is 2.66. The van der Waals surface area contributed by atoms with Crippen LogP contribution in [-0.4, -0.2) is 29.7 Å². The summed E-state index contributed by atoms with van der Waals surface area (Å²) in [6.07, 6.45) is 3.98. The molecule has 0 amide bonds. The van der Waals surface area contributed by atoms with Gasteiger partial charge in [-0.05, 0) is 26.2 Å². The first kappa shape index (κ1) is 10.7. The summed E-state index contributed by atoms with van der Waals surface area (Å²) >= 11 is 0. The first-order chi connectivity index (χ1) is 7.41. The summed E-state index contributed by atoms with van der Waals surface area (Å²) in [7, 11) is 0. The minimum Gasteiger partial charge on any atom is -0.373 e. The second kappa shape index (κ2) is 2.88. The smallest absolute Gasteiger partial charge is 0.170 e. The maximum Gasteiger partial charge on any atom is 0.170 e. The molecule has 0 bridgehead atoms. The molecular weight excluding hydrogens is 204 g/mol. The van der Waals surface area contributed by atoms with Gasteiger partial charge in [0.1, 0.15) is 5.60 Å². The molecule has 3 aliphatic rings. The summed E-state index contributed by atoms with van der Waals surface area (Å²) < 4.78 is 11.1. The fraction of sp³-hybridized carbons (Fsp3) is 0.923. The topological polar surface area (TPSA) is 42.1 Å². The number of epoxide rings is 2. The van der Waals surface area contributed by atoms with Crippen LogP contribution in [0.25, 0.3) is 0 Å². The molecule has 0 radical (unpaired) electrons. The van der Waals surface area contributed by atoms with Gasteiger partial charge in [-0.25, -0.2) is 0 Å². The molecule has 0 aromatic rings. The summed E-state index contributed by atoms with van der Waals surface area (Å²) in [5, 5.41) is 0. The van der Waals surface area contributed by atoms with Crippen LogP contribution in [0.5, 0.6) is 0 Å². The van der Waals surface area contributed by atoms with Crippen molar-refractivity contribution in [2.24, 2.45) is 5.41 Å². The van der Waals surface area contributed by atoms with Crippen LogP contribution in [-0.2, 0) is 14.3 Å². The van der Waals surface area contributed by atoms with Crippen LogP contribution in [0.15, 0.2) is 0 Å². The molecule has 0 aromatic carbocycles. The molecule has 3 unspecified atom stereocenters. The standard InChI is InChI=1S/C13H20O3/c1-11(2)5-4-6-12(3)13(11,16-12)10(14)7-9-8-15-9/h9H,4-8H2,1-3H3. The van der Waals surface area contributed by atoms with Gasteiger partial charge in [0.15, 0.2) is 11.4 Å². The minimum absolute atomic E-state index is 0.0219. The van der Waals surface area contributed by atoms with Crippen molar-refractivity contribution in [3.63, 3.8) is 0 Å². The van der Waals surface area contributed by atoms with Crippen molar-refractivity contribution >= 4 is 5.78 Å². The molecule has 1 saturated carbocycles. The lowest BCUT2D eigenvalue weighted by molar-refractivity contribution is -0.129. The summed E-state index contributed by atoms with van der Waals surface area (Å²) in [5.74, 6) is 0.266. The summed E-state index contributed by atoms with van der Waals surface area (Å²) in [4.78, 5) is 12.4. The van der Waals surface area contributed by atoms with E-state index in [0.29, 0.717) is 6.42 Å². The Balaban J connectivity index is 1.87. The van der Waals surface area contributed by atoms with Crippen LogP contribution >= 0.6 is 0 Å². The van der Waals surface area contributed by atoms with Gasteiger partial charge in [0.2, 0.25) is 0 Å². The normalized spacial score (nSPS) is 48.3. The second-order valence-electron chi connectivity index (χ2n) is 6.33. The Bertz CT molecular complexity index is 345. The third-order valence-corrected chi connectivity index (χ3v) is 4.70. The van der Waals surface area contributed by atoms with Crippen LogP contribution in [0.1, 0.15) is 46.5 Å². The Morgan fingerprint density at radius 1 is 1.31 bits per heavy atom. The number of ether oxygens (including phenoxy) is 2. The highest BCUT2D eigenvalue weighted by Gasteiger charge is 2.78. The number of fused-ring (bicyclic) bond motifs is 1. The van der Waals surface area contributed by atoms with E-state index in [4.69, 9.17) is 9.47 Å². The lowest BCUT2D eigenvalue weighted by Crippen LogP contribution is -2.48. The van der Waals surface area contributed by atoms with Crippen molar-refractivity contribution in [2.75, 3.05) is 6.61 Å². The highest BCUT2D eigenvalue weighted by atomic mass is 16.6. The third-order valence-electron chi connectivity index (χ3n) is 4.70. The Kier molecular flexibility index (Phi) is 1.93. The number of carbonyl (C=O) groups excluding carboxylic acids is 1. The molecule has 2 aliphatic heterocycles. The molecule has 16 heavy (non-hydrogen) atoms. The Hall–Kier alpha value is -0.410. The van der Waals surface area contributed by atoms with E-state index in [9.17, 15) is 4.79 Å². The summed E-state index contributed by atoms with van der Waals surface area (Å²) in [5.41, 5.74) is -0.725. The van der Waals surface area contributed by atoms with Crippen molar-refractivity contribution in [1.29, 1.82) is 0 Å². The molecule has 2 saturated heterocycles. The number of ketones is 1. The van der Waals surface area contributed by atoms with Crippen molar-refractivity contribution < 1.29 is 14.3 Å². The number of hydrogen-bond donors (Lipinski definition) is 0. The molecule has 90 valence electrons. The molecule has 3 atom stereocenters. The van der Waals surface area contributed by atoms with E-state index in [1.165, 1.54) is 6.42 Å². The number of carbonyl (C=O) groups is 1. The van der Waals surface area contributed by atoms with Gasteiger partial charge in [-0.2, -0.15) is 0 Å². The Labute approximate surface area is 96.5 Å². The SMILES string of the molecule is CC1(C)CCCC2(C)OC12C(=O)CC1CO1. The molecule has 3 heteroatoms. The van der Waals surface area contributed by atoms with Crippen LogP contribution in [0.4, 0.5) is 0 Å². The molecule has 0 N–H and O–H groups in total. The van der Waals surface area contributed by atoms with Gasteiger partial charge < -0.3 is 9.47 Å². The summed E-state index contributed by atoms with van der Waals surface area (Å²) in [6.45, 7) is 7.19. The van der Waals surface area contributed by atoms with Crippen LogP contribution in [0.3, 0.4) is 0 Å². The highest BCUT2D eigenvalue weighted by molar-refractivity contribution is 5.93. The molecule has 3 rings (SSSR count).